The van der Waals surface area contributed by atoms with E-state index in [4.69, 9.17) is 5.11 Å². The van der Waals surface area contributed by atoms with Gasteiger partial charge in [-0.05, 0) is 37.8 Å². The number of rotatable bonds is 6. The molecule has 1 aromatic carbocycles. The van der Waals surface area contributed by atoms with Crippen LogP contribution in [0.2, 0.25) is 0 Å². The molecule has 1 atom stereocenters. The summed E-state index contributed by atoms with van der Waals surface area (Å²) in [6, 6.07) is 7.22. The third-order valence-electron chi connectivity index (χ3n) is 3.66. The Kier molecular flexibility index (Phi) is 5.64. The normalized spacial score (nSPS) is 18.6. The average Bonchev–Trinajstić information content (AvgIpc) is 2.94. The fourth-order valence-electron chi connectivity index (χ4n) is 2.58. The summed E-state index contributed by atoms with van der Waals surface area (Å²) in [5, 5.41) is 12.0. The first kappa shape index (κ1) is 15.9. The topological polar surface area (TPSA) is 69.6 Å². The number of amides is 1. The largest absolute Gasteiger partial charge is 0.480 e. The standard InChI is InChI=1S/C15H20N2O3S/c1-21-13-7-3-2-5-11(13)16-14(18)8-10-17-9-4-6-12(17)15(19)20/h2-3,5,7,12H,4,6,8-10H2,1H3,(H,16,18)(H,19,20)/t12-/m1/s1. The molecule has 0 aliphatic carbocycles. The summed E-state index contributed by atoms with van der Waals surface area (Å²) in [7, 11) is 0. The summed E-state index contributed by atoms with van der Waals surface area (Å²) in [6.45, 7) is 1.25. The Labute approximate surface area is 128 Å². The Morgan fingerprint density at radius 3 is 2.90 bits per heavy atom. The van der Waals surface area contributed by atoms with Crippen LogP contribution in [0, 0.1) is 0 Å². The number of para-hydroxylation sites is 1. The van der Waals surface area contributed by atoms with E-state index >= 15 is 0 Å². The van der Waals surface area contributed by atoms with Gasteiger partial charge < -0.3 is 10.4 Å². The maximum atomic E-state index is 12.0. The lowest BCUT2D eigenvalue weighted by Gasteiger charge is -2.20. The van der Waals surface area contributed by atoms with Crippen LogP contribution < -0.4 is 5.32 Å². The molecule has 1 aromatic rings. The second-order valence-electron chi connectivity index (χ2n) is 5.03. The molecule has 6 heteroatoms. The number of likely N-dealkylation sites (tertiary alicyclic amines) is 1. The van der Waals surface area contributed by atoms with Crippen molar-refractivity contribution in [2.24, 2.45) is 0 Å². The van der Waals surface area contributed by atoms with Crippen LogP contribution in [0.1, 0.15) is 19.3 Å². The molecule has 0 spiro atoms. The molecule has 2 N–H and O–H groups in total. The van der Waals surface area contributed by atoms with Crippen LogP contribution in [0.5, 0.6) is 0 Å². The van der Waals surface area contributed by atoms with Crippen LogP contribution in [-0.2, 0) is 9.59 Å². The van der Waals surface area contributed by atoms with Gasteiger partial charge in [-0.2, -0.15) is 0 Å². The lowest BCUT2D eigenvalue weighted by atomic mass is 10.2. The maximum absolute atomic E-state index is 12.0. The fourth-order valence-corrected chi connectivity index (χ4v) is 3.13. The predicted octanol–water partition coefficient (Wildman–Crippen LogP) is 2.29. The molecular formula is C15H20N2O3S. The number of carbonyl (C=O) groups is 2. The molecule has 1 amide bonds. The number of hydrogen-bond donors (Lipinski definition) is 2. The summed E-state index contributed by atoms with van der Waals surface area (Å²) in [5.41, 5.74) is 0.811. The molecule has 21 heavy (non-hydrogen) atoms. The van der Waals surface area contributed by atoms with Gasteiger partial charge in [-0.25, -0.2) is 0 Å². The van der Waals surface area contributed by atoms with E-state index in [9.17, 15) is 9.59 Å². The minimum absolute atomic E-state index is 0.0764. The molecule has 1 aliphatic heterocycles. The zero-order valence-electron chi connectivity index (χ0n) is 12.0. The highest BCUT2D eigenvalue weighted by molar-refractivity contribution is 7.98. The first-order valence-corrected chi connectivity index (χ1v) is 8.24. The van der Waals surface area contributed by atoms with E-state index in [-0.39, 0.29) is 5.91 Å². The van der Waals surface area contributed by atoms with E-state index in [2.05, 4.69) is 5.32 Å². The third-order valence-corrected chi connectivity index (χ3v) is 4.45. The van der Waals surface area contributed by atoms with Gasteiger partial charge in [-0.3, -0.25) is 14.5 Å². The smallest absolute Gasteiger partial charge is 0.320 e. The highest BCUT2D eigenvalue weighted by Crippen LogP contribution is 2.24. The number of nitrogens with zero attached hydrogens (tertiary/aromatic N) is 1. The lowest BCUT2D eigenvalue weighted by Crippen LogP contribution is -2.37. The highest BCUT2D eigenvalue weighted by Gasteiger charge is 2.30. The average molecular weight is 308 g/mol. The molecule has 5 nitrogen and oxygen atoms in total. The molecule has 0 radical (unpaired) electrons. The van der Waals surface area contributed by atoms with Crippen molar-refractivity contribution >= 4 is 29.3 Å². The van der Waals surface area contributed by atoms with Gasteiger partial charge in [0.2, 0.25) is 5.91 Å². The Morgan fingerprint density at radius 1 is 1.43 bits per heavy atom. The third kappa shape index (κ3) is 4.22. The molecule has 1 heterocycles. The minimum Gasteiger partial charge on any atom is -0.480 e. The molecule has 2 rings (SSSR count). The van der Waals surface area contributed by atoms with E-state index < -0.39 is 12.0 Å². The van der Waals surface area contributed by atoms with Gasteiger partial charge in [0.15, 0.2) is 0 Å². The van der Waals surface area contributed by atoms with Crippen molar-refractivity contribution < 1.29 is 14.7 Å². The number of thioether (sulfide) groups is 1. The van der Waals surface area contributed by atoms with Crippen LogP contribution in [0.4, 0.5) is 5.69 Å². The molecule has 0 bridgehead atoms. The number of benzene rings is 1. The summed E-state index contributed by atoms with van der Waals surface area (Å²) >= 11 is 1.58. The number of carbonyl (C=O) groups excluding carboxylic acids is 1. The molecule has 1 fully saturated rings. The first-order chi connectivity index (χ1) is 10.1. The summed E-state index contributed by atoms with van der Waals surface area (Å²) in [4.78, 5) is 26.0. The lowest BCUT2D eigenvalue weighted by molar-refractivity contribution is -0.142. The zero-order chi connectivity index (χ0) is 15.2. The van der Waals surface area contributed by atoms with Gasteiger partial charge in [0.25, 0.3) is 0 Å². The number of anilines is 1. The molecule has 1 saturated heterocycles. The van der Waals surface area contributed by atoms with E-state index in [1.807, 2.05) is 35.4 Å². The van der Waals surface area contributed by atoms with E-state index in [1.165, 1.54) is 0 Å². The summed E-state index contributed by atoms with van der Waals surface area (Å²) in [6.07, 6.45) is 3.83. The van der Waals surface area contributed by atoms with Crippen LogP contribution in [0.3, 0.4) is 0 Å². The number of aliphatic carboxylic acids is 1. The summed E-state index contributed by atoms with van der Waals surface area (Å²) < 4.78 is 0. The summed E-state index contributed by atoms with van der Waals surface area (Å²) in [5.74, 6) is -0.867. The molecule has 0 unspecified atom stereocenters. The number of nitrogens with one attached hydrogen (secondary N) is 1. The van der Waals surface area contributed by atoms with Crippen molar-refractivity contribution in [1.82, 2.24) is 4.90 Å². The Hall–Kier alpha value is -1.53. The van der Waals surface area contributed by atoms with Gasteiger partial charge in [-0.1, -0.05) is 12.1 Å². The van der Waals surface area contributed by atoms with Crippen molar-refractivity contribution in [3.05, 3.63) is 24.3 Å². The number of hydrogen-bond acceptors (Lipinski definition) is 4. The molecular weight excluding hydrogens is 288 g/mol. The predicted molar refractivity (Wildman–Crippen MR) is 83.7 cm³/mol. The van der Waals surface area contributed by atoms with Gasteiger partial charge in [0, 0.05) is 17.9 Å². The van der Waals surface area contributed by atoms with Gasteiger partial charge in [0.05, 0.1) is 5.69 Å². The zero-order valence-corrected chi connectivity index (χ0v) is 12.9. The van der Waals surface area contributed by atoms with Crippen molar-refractivity contribution in [3.8, 4) is 0 Å². The monoisotopic (exact) mass is 308 g/mol. The second kappa shape index (κ2) is 7.47. The van der Waals surface area contributed by atoms with Gasteiger partial charge >= 0.3 is 5.97 Å². The SMILES string of the molecule is CSc1ccccc1NC(=O)CCN1CCC[C@@H]1C(=O)O. The van der Waals surface area contributed by atoms with Crippen LogP contribution in [-0.4, -0.2) is 47.3 Å². The van der Waals surface area contributed by atoms with Crippen molar-refractivity contribution in [2.45, 2.75) is 30.2 Å². The number of carboxylic acids is 1. The maximum Gasteiger partial charge on any atom is 0.320 e. The Morgan fingerprint density at radius 2 is 2.19 bits per heavy atom. The van der Waals surface area contributed by atoms with Crippen molar-refractivity contribution in [2.75, 3.05) is 24.7 Å². The molecule has 114 valence electrons. The van der Waals surface area contributed by atoms with Crippen LogP contribution in [0.25, 0.3) is 0 Å². The van der Waals surface area contributed by atoms with Crippen molar-refractivity contribution in [3.63, 3.8) is 0 Å². The number of carboxylic acid groups (broad SMARTS) is 1. The quantitative estimate of drug-likeness (QED) is 0.789. The Balaban J connectivity index is 1.86. The molecule has 0 saturated carbocycles. The second-order valence-corrected chi connectivity index (χ2v) is 5.88. The highest BCUT2D eigenvalue weighted by atomic mass is 32.2. The Bertz CT molecular complexity index is 521. The van der Waals surface area contributed by atoms with Crippen molar-refractivity contribution in [1.29, 1.82) is 0 Å². The fraction of sp³-hybridized carbons (Fsp3) is 0.467. The first-order valence-electron chi connectivity index (χ1n) is 7.01. The molecule has 1 aliphatic rings. The van der Waals surface area contributed by atoms with E-state index in [1.54, 1.807) is 11.8 Å². The molecule has 0 aromatic heterocycles. The van der Waals surface area contributed by atoms with E-state index in [0.717, 1.165) is 23.5 Å². The van der Waals surface area contributed by atoms with Crippen LogP contribution in [0.15, 0.2) is 29.2 Å². The van der Waals surface area contributed by atoms with Gasteiger partial charge in [-0.15, -0.1) is 11.8 Å². The van der Waals surface area contributed by atoms with E-state index in [0.29, 0.717) is 19.4 Å². The van der Waals surface area contributed by atoms with Gasteiger partial charge in [0.1, 0.15) is 6.04 Å². The van der Waals surface area contributed by atoms with Crippen LogP contribution >= 0.6 is 11.8 Å². The minimum atomic E-state index is -0.791.